The first-order valence-corrected chi connectivity index (χ1v) is 5.96. The Labute approximate surface area is 103 Å². The molecule has 17 heavy (non-hydrogen) atoms. The van der Waals surface area contributed by atoms with Crippen LogP contribution >= 0.6 is 0 Å². The molecule has 0 aliphatic heterocycles. The van der Waals surface area contributed by atoms with Crippen molar-refractivity contribution in [2.24, 2.45) is 0 Å². The van der Waals surface area contributed by atoms with E-state index in [-0.39, 0.29) is 24.5 Å². The van der Waals surface area contributed by atoms with Crippen molar-refractivity contribution in [1.29, 1.82) is 0 Å². The first-order valence-electron chi connectivity index (χ1n) is 5.96. The van der Waals surface area contributed by atoms with E-state index in [9.17, 15) is 9.59 Å². The lowest BCUT2D eigenvalue weighted by Gasteiger charge is -2.25. The highest BCUT2D eigenvalue weighted by atomic mass is 16.5. The summed E-state index contributed by atoms with van der Waals surface area (Å²) >= 11 is 0. The summed E-state index contributed by atoms with van der Waals surface area (Å²) in [7, 11) is 1.60. The van der Waals surface area contributed by atoms with E-state index in [0.29, 0.717) is 26.1 Å². The van der Waals surface area contributed by atoms with Crippen molar-refractivity contribution in [2.45, 2.75) is 39.7 Å². The molecule has 0 rings (SSSR count). The lowest BCUT2D eigenvalue weighted by atomic mass is 10.2. The fraction of sp³-hybridized carbons (Fsp3) is 0.833. The lowest BCUT2D eigenvalue weighted by Crippen LogP contribution is -2.41. The molecule has 0 aliphatic carbocycles. The molecule has 0 saturated carbocycles. The molecular formula is C12H23NO4. The van der Waals surface area contributed by atoms with Crippen molar-refractivity contribution in [1.82, 2.24) is 4.90 Å². The molecule has 5 heteroatoms. The molecule has 100 valence electrons. The minimum absolute atomic E-state index is 0.00514. The molecular weight excluding hydrogens is 222 g/mol. The van der Waals surface area contributed by atoms with E-state index in [1.54, 1.807) is 14.0 Å². The fourth-order valence-electron chi connectivity index (χ4n) is 1.42. The van der Waals surface area contributed by atoms with Crippen LogP contribution in [0.1, 0.15) is 33.6 Å². The van der Waals surface area contributed by atoms with Gasteiger partial charge >= 0.3 is 5.97 Å². The number of methoxy groups -OCH3 is 1. The Morgan fingerprint density at radius 2 is 1.94 bits per heavy atom. The molecule has 0 saturated heterocycles. The summed E-state index contributed by atoms with van der Waals surface area (Å²) in [6.07, 6.45) is 1.06. The fourth-order valence-corrected chi connectivity index (χ4v) is 1.42. The van der Waals surface area contributed by atoms with Gasteiger partial charge in [-0.3, -0.25) is 9.59 Å². The van der Waals surface area contributed by atoms with Gasteiger partial charge in [0.25, 0.3) is 0 Å². The van der Waals surface area contributed by atoms with Crippen LogP contribution in [0.2, 0.25) is 0 Å². The number of ether oxygens (including phenoxy) is 2. The van der Waals surface area contributed by atoms with Crippen LogP contribution in [0.25, 0.3) is 0 Å². The monoisotopic (exact) mass is 245 g/mol. The van der Waals surface area contributed by atoms with E-state index in [4.69, 9.17) is 9.47 Å². The number of amides is 1. The van der Waals surface area contributed by atoms with Gasteiger partial charge in [-0.1, -0.05) is 0 Å². The molecule has 0 aromatic rings. The minimum Gasteiger partial charge on any atom is -0.465 e. The number of rotatable bonds is 8. The molecule has 0 unspecified atom stereocenters. The van der Waals surface area contributed by atoms with Crippen molar-refractivity contribution in [3.63, 3.8) is 0 Å². The first kappa shape index (κ1) is 15.9. The highest BCUT2D eigenvalue weighted by molar-refractivity contribution is 5.82. The van der Waals surface area contributed by atoms with Crippen molar-refractivity contribution >= 4 is 11.9 Å². The van der Waals surface area contributed by atoms with Crippen molar-refractivity contribution in [3.05, 3.63) is 0 Å². The molecule has 0 N–H and O–H groups in total. The summed E-state index contributed by atoms with van der Waals surface area (Å²) in [6, 6.07) is -0.00514. The van der Waals surface area contributed by atoms with E-state index >= 15 is 0 Å². The van der Waals surface area contributed by atoms with Gasteiger partial charge in [0.15, 0.2) is 0 Å². The molecule has 0 aromatic carbocycles. The van der Waals surface area contributed by atoms with Gasteiger partial charge in [-0.2, -0.15) is 0 Å². The highest BCUT2D eigenvalue weighted by Gasteiger charge is 2.20. The summed E-state index contributed by atoms with van der Waals surface area (Å²) in [5.41, 5.74) is 0. The molecule has 0 spiro atoms. The Morgan fingerprint density at radius 1 is 1.29 bits per heavy atom. The van der Waals surface area contributed by atoms with Crippen molar-refractivity contribution < 1.29 is 19.1 Å². The van der Waals surface area contributed by atoms with Gasteiger partial charge < -0.3 is 14.4 Å². The molecule has 1 amide bonds. The predicted molar refractivity (Wildman–Crippen MR) is 64.6 cm³/mol. The van der Waals surface area contributed by atoms with E-state index in [1.165, 1.54) is 4.90 Å². The zero-order valence-electron chi connectivity index (χ0n) is 11.2. The molecule has 0 aromatic heterocycles. The third-order valence-corrected chi connectivity index (χ3v) is 2.29. The predicted octanol–water partition coefficient (Wildman–Crippen LogP) is 1.21. The summed E-state index contributed by atoms with van der Waals surface area (Å²) in [4.78, 5) is 24.7. The third kappa shape index (κ3) is 6.94. The van der Waals surface area contributed by atoms with Crippen LogP contribution in [0.3, 0.4) is 0 Å². The molecule has 0 atom stereocenters. The van der Waals surface area contributed by atoms with Gasteiger partial charge in [0.05, 0.1) is 6.61 Å². The van der Waals surface area contributed by atoms with Gasteiger partial charge in [0.1, 0.15) is 6.54 Å². The number of hydrogen-bond donors (Lipinski definition) is 0. The maximum Gasteiger partial charge on any atom is 0.325 e. The summed E-state index contributed by atoms with van der Waals surface area (Å²) in [5.74, 6) is -0.397. The average molecular weight is 245 g/mol. The van der Waals surface area contributed by atoms with E-state index in [1.807, 2.05) is 13.8 Å². The van der Waals surface area contributed by atoms with Crippen LogP contribution in [0.5, 0.6) is 0 Å². The molecule has 0 radical (unpaired) electrons. The largest absolute Gasteiger partial charge is 0.465 e. The number of carbonyl (C=O) groups is 2. The molecule has 0 fully saturated rings. The van der Waals surface area contributed by atoms with Gasteiger partial charge in [-0.05, 0) is 27.2 Å². The third-order valence-electron chi connectivity index (χ3n) is 2.29. The normalized spacial score (nSPS) is 10.4. The highest BCUT2D eigenvalue weighted by Crippen LogP contribution is 2.04. The number of esters is 1. The second-order valence-electron chi connectivity index (χ2n) is 4.02. The Balaban J connectivity index is 4.21. The van der Waals surface area contributed by atoms with Gasteiger partial charge in [0, 0.05) is 26.2 Å². The smallest absolute Gasteiger partial charge is 0.325 e. The van der Waals surface area contributed by atoms with E-state index in [0.717, 1.165) is 0 Å². The quantitative estimate of drug-likeness (QED) is 0.476. The van der Waals surface area contributed by atoms with Gasteiger partial charge in [-0.15, -0.1) is 0 Å². The number of nitrogens with zero attached hydrogens (tertiary/aromatic N) is 1. The Kier molecular flexibility index (Phi) is 8.40. The minimum atomic E-state index is -0.360. The number of carbonyl (C=O) groups excluding carboxylic acids is 2. The van der Waals surface area contributed by atoms with Crippen molar-refractivity contribution in [3.8, 4) is 0 Å². The lowest BCUT2D eigenvalue weighted by molar-refractivity contribution is -0.150. The molecule has 0 aliphatic rings. The maximum absolute atomic E-state index is 11.9. The summed E-state index contributed by atoms with van der Waals surface area (Å²) in [6.45, 7) is 6.43. The zero-order valence-corrected chi connectivity index (χ0v) is 11.2. The molecule has 0 bridgehead atoms. The summed E-state index contributed by atoms with van der Waals surface area (Å²) < 4.78 is 9.73. The van der Waals surface area contributed by atoms with Crippen LogP contribution in [0.15, 0.2) is 0 Å². The van der Waals surface area contributed by atoms with Crippen LogP contribution in [-0.2, 0) is 19.1 Å². The second kappa shape index (κ2) is 8.98. The Hall–Kier alpha value is -1.10. The SMILES string of the molecule is CCOC(=O)CN(C(=O)CCCOC)C(C)C. The maximum atomic E-state index is 11.9. The van der Waals surface area contributed by atoms with E-state index in [2.05, 4.69) is 0 Å². The first-order chi connectivity index (χ1) is 8.02. The zero-order chi connectivity index (χ0) is 13.3. The Morgan fingerprint density at radius 3 is 2.41 bits per heavy atom. The second-order valence-corrected chi connectivity index (χ2v) is 4.02. The average Bonchev–Trinajstić information content (AvgIpc) is 2.26. The van der Waals surface area contributed by atoms with E-state index < -0.39 is 0 Å². The molecule has 0 heterocycles. The van der Waals surface area contributed by atoms with Crippen LogP contribution in [0.4, 0.5) is 0 Å². The molecule has 5 nitrogen and oxygen atoms in total. The van der Waals surface area contributed by atoms with Gasteiger partial charge in [-0.25, -0.2) is 0 Å². The van der Waals surface area contributed by atoms with Crippen LogP contribution < -0.4 is 0 Å². The standard InChI is InChI=1S/C12H23NO4/c1-5-17-12(15)9-13(10(2)3)11(14)7-6-8-16-4/h10H,5-9H2,1-4H3. The van der Waals surface area contributed by atoms with Crippen LogP contribution in [-0.4, -0.2) is 49.7 Å². The topological polar surface area (TPSA) is 55.8 Å². The van der Waals surface area contributed by atoms with Crippen LogP contribution in [0, 0.1) is 0 Å². The Bertz CT molecular complexity index is 241. The number of hydrogen-bond acceptors (Lipinski definition) is 4. The van der Waals surface area contributed by atoms with Crippen molar-refractivity contribution in [2.75, 3.05) is 26.9 Å². The van der Waals surface area contributed by atoms with Gasteiger partial charge in [0.2, 0.25) is 5.91 Å². The summed E-state index contributed by atoms with van der Waals surface area (Å²) in [5, 5.41) is 0.